The van der Waals surface area contributed by atoms with Crippen LogP contribution in [-0.4, -0.2) is 5.11 Å². The highest BCUT2D eigenvalue weighted by atomic mass is 79.9. The fraction of sp³-hybridized carbons (Fsp3) is 0.167. The molecule has 2 aromatic rings. The third kappa shape index (κ3) is 2.78. The lowest BCUT2D eigenvalue weighted by Gasteiger charge is -2.11. The van der Waals surface area contributed by atoms with E-state index in [-0.39, 0.29) is 5.82 Å². The summed E-state index contributed by atoms with van der Waals surface area (Å²) in [6.45, 7) is 1.68. The molecule has 1 aromatic carbocycles. The van der Waals surface area contributed by atoms with Gasteiger partial charge in [-0.15, -0.1) is 11.3 Å². The van der Waals surface area contributed by atoms with Gasteiger partial charge in [0.05, 0.1) is 7.57 Å². The van der Waals surface area contributed by atoms with Crippen LogP contribution >= 0.6 is 43.2 Å². The van der Waals surface area contributed by atoms with Crippen molar-refractivity contribution in [2.24, 2.45) is 0 Å². The zero-order valence-electron chi connectivity index (χ0n) is 8.88. The van der Waals surface area contributed by atoms with E-state index in [1.807, 2.05) is 6.07 Å². The molecule has 1 atom stereocenters. The number of aliphatic hydroxyl groups is 1. The highest BCUT2D eigenvalue weighted by Crippen LogP contribution is 2.37. The van der Waals surface area contributed by atoms with Crippen molar-refractivity contribution in [2.45, 2.75) is 13.0 Å². The third-order valence-electron chi connectivity index (χ3n) is 2.48. The molecule has 0 saturated heterocycles. The molecule has 0 aliphatic carbocycles. The second-order valence-corrected chi connectivity index (χ2v) is 7.44. The second kappa shape index (κ2) is 5.18. The van der Waals surface area contributed by atoms with Gasteiger partial charge in [0.1, 0.15) is 11.9 Å². The first-order valence-corrected chi connectivity index (χ1v) is 7.28. The van der Waals surface area contributed by atoms with Crippen LogP contribution in [0.2, 0.25) is 0 Å². The average Bonchev–Trinajstić information content (AvgIpc) is 2.61. The summed E-state index contributed by atoms with van der Waals surface area (Å²) in [5, 5.41) is 10.2. The molecular weight excluding hydrogens is 371 g/mol. The van der Waals surface area contributed by atoms with E-state index in [0.29, 0.717) is 11.1 Å². The maximum Gasteiger partial charge on any atom is 0.126 e. The topological polar surface area (TPSA) is 20.2 Å². The maximum atomic E-state index is 13.2. The number of thiophene rings is 1. The van der Waals surface area contributed by atoms with Crippen molar-refractivity contribution in [1.82, 2.24) is 0 Å². The molecule has 0 saturated carbocycles. The summed E-state index contributed by atoms with van der Waals surface area (Å²) in [5.74, 6) is -0.258. The van der Waals surface area contributed by atoms with Crippen LogP contribution in [0.15, 0.2) is 31.8 Å². The highest BCUT2D eigenvalue weighted by molar-refractivity contribution is 9.12. The van der Waals surface area contributed by atoms with Gasteiger partial charge in [0.25, 0.3) is 0 Å². The second-order valence-electron chi connectivity index (χ2n) is 3.69. The lowest BCUT2D eigenvalue weighted by atomic mass is 10.0. The predicted octanol–water partition coefficient (Wildman–Crippen LogP) is 4.80. The maximum absolute atomic E-state index is 13.2. The molecule has 0 bridgehead atoms. The molecule has 90 valence electrons. The van der Waals surface area contributed by atoms with Crippen LogP contribution in [0, 0.1) is 12.7 Å². The van der Waals surface area contributed by atoms with Crippen LogP contribution in [0.3, 0.4) is 0 Å². The first-order chi connectivity index (χ1) is 7.99. The number of hydrogen-bond acceptors (Lipinski definition) is 2. The highest BCUT2D eigenvalue weighted by Gasteiger charge is 2.17. The van der Waals surface area contributed by atoms with Gasteiger partial charge in [-0.2, -0.15) is 0 Å². The Labute approximate surface area is 120 Å². The molecule has 0 aliphatic heterocycles. The van der Waals surface area contributed by atoms with Gasteiger partial charge in [-0.25, -0.2) is 4.39 Å². The zero-order valence-corrected chi connectivity index (χ0v) is 12.9. The van der Waals surface area contributed by atoms with Crippen molar-refractivity contribution in [3.63, 3.8) is 0 Å². The lowest BCUT2D eigenvalue weighted by molar-refractivity contribution is 0.220. The number of aryl methyl sites for hydroxylation is 1. The van der Waals surface area contributed by atoms with Crippen LogP contribution in [0.1, 0.15) is 22.8 Å². The molecule has 0 spiro atoms. The minimum atomic E-state index is -0.744. The van der Waals surface area contributed by atoms with Gasteiger partial charge in [-0.05, 0) is 62.0 Å². The Bertz CT molecular complexity index is 553. The van der Waals surface area contributed by atoms with Gasteiger partial charge in [0, 0.05) is 5.56 Å². The van der Waals surface area contributed by atoms with Crippen LogP contribution in [0.25, 0.3) is 0 Å². The lowest BCUT2D eigenvalue weighted by Crippen LogP contribution is -2.00. The van der Waals surface area contributed by atoms with Crippen LogP contribution < -0.4 is 0 Å². The van der Waals surface area contributed by atoms with Crippen LogP contribution in [0.4, 0.5) is 4.39 Å². The Balaban J connectivity index is 2.40. The summed E-state index contributed by atoms with van der Waals surface area (Å²) >= 11 is 8.27. The molecule has 0 fully saturated rings. The number of aliphatic hydroxyl groups excluding tert-OH is 1. The molecule has 1 nitrogen and oxygen atoms in total. The first-order valence-electron chi connectivity index (χ1n) is 4.88. The molecule has 1 unspecified atom stereocenters. The summed E-state index contributed by atoms with van der Waals surface area (Å²) in [6.07, 6.45) is -0.744. The summed E-state index contributed by atoms with van der Waals surface area (Å²) in [6, 6.07) is 6.50. The molecule has 0 amide bonds. The van der Waals surface area contributed by atoms with Crippen molar-refractivity contribution >= 4 is 43.2 Å². The Kier molecular flexibility index (Phi) is 4.02. The van der Waals surface area contributed by atoms with Gasteiger partial charge >= 0.3 is 0 Å². The van der Waals surface area contributed by atoms with Crippen molar-refractivity contribution in [2.75, 3.05) is 0 Å². The number of benzene rings is 1. The van der Waals surface area contributed by atoms with Gasteiger partial charge in [0.15, 0.2) is 0 Å². The van der Waals surface area contributed by atoms with Crippen molar-refractivity contribution in [3.8, 4) is 0 Å². The van der Waals surface area contributed by atoms with Crippen LogP contribution in [0.5, 0.6) is 0 Å². The molecule has 1 N–H and O–H groups in total. The van der Waals surface area contributed by atoms with E-state index in [4.69, 9.17) is 0 Å². The molecule has 0 aliphatic rings. The smallest absolute Gasteiger partial charge is 0.126 e. The molecule has 1 aromatic heterocycles. The van der Waals surface area contributed by atoms with E-state index < -0.39 is 6.10 Å². The molecule has 2 rings (SSSR count). The van der Waals surface area contributed by atoms with Crippen molar-refractivity contribution in [3.05, 3.63) is 54.3 Å². The monoisotopic (exact) mass is 378 g/mol. The fourth-order valence-corrected chi connectivity index (χ4v) is 4.44. The Morgan fingerprint density at radius 1 is 1.29 bits per heavy atom. The van der Waals surface area contributed by atoms with Gasteiger partial charge in [0.2, 0.25) is 0 Å². The first kappa shape index (κ1) is 13.2. The molecule has 17 heavy (non-hydrogen) atoms. The van der Waals surface area contributed by atoms with Crippen molar-refractivity contribution < 1.29 is 9.50 Å². The Hall–Kier alpha value is -0.230. The summed E-state index contributed by atoms with van der Waals surface area (Å²) in [7, 11) is 0. The molecule has 1 heterocycles. The van der Waals surface area contributed by atoms with Gasteiger partial charge < -0.3 is 5.11 Å². The third-order valence-corrected chi connectivity index (χ3v) is 4.86. The quantitative estimate of drug-likeness (QED) is 0.794. The van der Waals surface area contributed by atoms with E-state index in [9.17, 15) is 9.50 Å². The zero-order chi connectivity index (χ0) is 12.6. The molecule has 5 heteroatoms. The van der Waals surface area contributed by atoms with Gasteiger partial charge in [-0.1, -0.05) is 12.1 Å². The SMILES string of the molecule is Cc1cc(C(O)c2cc(Br)sc2Br)ccc1F. The Morgan fingerprint density at radius 2 is 2.00 bits per heavy atom. The number of rotatable bonds is 2. The minimum Gasteiger partial charge on any atom is -0.384 e. The minimum absolute atomic E-state index is 0.258. The van der Waals surface area contributed by atoms with E-state index >= 15 is 0 Å². The average molecular weight is 380 g/mol. The van der Waals surface area contributed by atoms with E-state index in [2.05, 4.69) is 31.9 Å². The predicted molar refractivity (Wildman–Crippen MR) is 74.9 cm³/mol. The molecule has 0 radical (unpaired) electrons. The number of hydrogen-bond donors (Lipinski definition) is 1. The standard InChI is InChI=1S/C12H9Br2FOS/c1-6-4-7(2-3-9(6)15)11(16)8-5-10(13)17-12(8)14/h2-5,11,16H,1H3. The van der Waals surface area contributed by atoms with Crippen LogP contribution in [-0.2, 0) is 0 Å². The van der Waals surface area contributed by atoms with Gasteiger partial charge in [-0.3, -0.25) is 0 Å². The fourth-order valence-electron chi connectivity index (χ4n) is 1.56. The van der Waals surface area contributed by atoms with E-state index in [1.54, 1.807) is 19.1 Å². The summed E-state index contributed by atoms with van der Waals surface area (Å²) in [5.41, 5.74) is 2.01. The normalized spacial score (nSPS) is 12.8. The van der Waals surface area contributed by atoms with Crippen molar-refractivity contribution in [1.29, 1.82) is 0 Å². The van der Waals surface area contributed by atoms with E-state index in [1.165, 1.54) is 17.4 Å². The Morgan fingerprint density at radius 3 is 2.53 bits per heavy atom. The summed E-state index contributed by atoms with van der Waals surface area (Å²) in [4.78, 5) is 0. The summed E-state index contributed by atoms with van der Waals surface area (Å²) < 4.78 is 15.0. The van der Waals surface area contributed by atoms with E-state index in [0.717, 1.165) is 13.1 Å². The molecular formula is C12H9Br2FOS. The number of halogens is 3. The largest absolute Gasteiger partial charge is 0.384 e.